The molecular formula is C14H24N4OS. The van der Waals surface area contributed by atoms with Crippen molar-refractivity contribution in [2.45, 2.75) is 39.7 Å². The predicted octanol–water partition coefficient (Wildman–Crippen LogP) is 2.06. The van der Waals surface area contributed by atoms with Gasteiger partial charge in [-0.2, -0.15) is 0 Å². The van der Waals surface area contributed by atoms with Crippen molar-refractivity contribution in [1.82, 2.24) is 9.97 Å². The monoisotopic (exact) mass is 296 g/mol. The van der Waals surface area contributed by atoms with Gasteiger partial charge in [-0.3, -0.25) is 0 Å². The average Bonchev–Trinajstić information content (AvgIpc) is 2.42. The molecule has 0 aromatic carbocycles. The third kappa shape index (κ3) is 4.38. The van der Waals surface area contributed by atoms with Gasteiger partial charge in [0, 0.05) is 25.4 Å². The van der Waals surface area contributed by atoms with Crippen LogP contribution >= 0.6 is 12.2 Å². The lowest BCUT2D eigenvalue weighted by atomic mass is 10.1. The van der Waals surface area contributed by atoms with Gasteiger partial charge in [0.05, 0.1) is 6.61 Å². The molecule has 0 bridgehead atoms. The number of rotatable bonds is 8. The number of hydrogen-bond acceptors (Lipinski definition) is 5. The van der Waals surface area contributed by atoms with E-state index >= 15 is 0 Å². The predicted molar refractivity (Wildman–Crippen MR) is 86.2 cm³/mol. The summed E-state index contributed by atoms with van der Waals surface area (Å²) in [6.45, 7) is 7.64. The van der Waals surface area contributed by atoms with Crippen LogP contribution < -0.4 is 10.6 Å². The second kappa shape index (κ2) is 8.11. The van der Waals surface area contributed by atoms with E-state index in [0.717, 1.165) is 25.1 Å². The van der Waals surface area contributed by atoms with Crippen LogP contribution in [-0.4, -0.2) is 41.3 Å². The normalized spacial score (nSPS) is 10.8. The van der Waals surface area contributed by atoms with E-state index in [0.29, 0.717) is 29.3 Å². The summed E-state index contributed by atoms with van der Waals surface area (Å²) in [5.41, 5.74) is 7.18. The minimum Gasteiger partial charge on any atom is -0.388 e. The summed E-state index contributed by atoms with van der Waals surface area (Å²) in [5, 5.41) is 0. The molecule has 0 saturated carbocycles. The largest absolute Gasteiger partial charge is 0.388 e. The van der Waals surface area contributed by atoms with Crippen molar-refractivity contribution in [3.8, 4) is 0 Å². The van der Waals surface area contributed by atoms with E-state index in [1.54, 1.807) is 7.11 Å². The number of ether oxygens (including phenoxy) is 1. The fraction of sp³-hybridized carbons (Fsp3) is 0.643. The molecule has 1 aromatic rings. The molecule has 6 heteroatoms. The fourth-order valence-corrected chi connectivity index (χ4v) is 2.28. The van der Waals surface area contributed by atoms with Crippen LogP contribution in [0.4, 0.5) is 5.95 Å². The highest BCUT2D eigenvalue weighted by Gasteiger charge is 2.19. The van der Waals surface area contributed by atoms with Crippen LogP contribution in [0.1, 0.15) is 38.1 Å². The molecule has 0 atom stereocenters. The third-order valence-corrected chi connectivity index (χ3v) is 3.48. The molecule has 1 aromatic heterocycles. The molecule has 0 spiro atoms. The van der Waals surface area contributed by atoms with Gasteiger partial charge >= 0.3 is 0 Å². The molecule has 0 unspecified atom stereocenters. The van der Waals surface area contributed by atoms with Crippen LogP contribution in [0.5, 0.6) is 0 Å². The number of nitrogens with two attached hydrogens (primary N) is 1. The maximum atomic E-state index is 5.69. The number of nitrogens with zero attached hydrogens (tertiary/aromatic N) is 3. The van der Waals surface area contributed by atoms with Gasteiger partial charge in [0.15, 0.2) is 0 Å². The summed E-state index contributed by atoms with van der Waals surface area (Å²) in [5.74, 6) is 0.679. The van der Waals surface area contributed by atoms with Crippen molar-refractivity contribution in [3.05, 3.63) is 17.5 Å². The van der Waals surface area contributed by atoms with Crippen LogP contribution in [0.2, 0.25) is 0 Å². The zero-order valence-corrected chi connectivity index (χ0v) is 13.5. The Balaban J connectivity index is 3.14. The van der Waals surface area contributed by atoms with Gasteiger partial charge < -0.3 is 15.4 Å². The lowest BCUT2D eigenvalue weighted by Gasteiger charge is -2.30. The third-order valence-electron chi connectivity index (χ3n) is 3.27. The van der Waals surface area contributed by atoms with Crippen molar-refractivity contribution in [2.24, 2.45) is 5.73 Å². The standard InChI is InChI=1S/C14H24N4OS/c1-5-11(6-2)18(7-8-19-4)14-16-10(3)9-12(17-14)13(15)20/h9,11H,5-8H2,1-4H3,(H2,15,20). The first-order valence-electron chi connectivity index (χ1n) is 6.94. The average molecular weight is 296 g/mol. The summed E-state index contributed by atoms with van der Waals surface area (Å²) in [7, 11) is 1.70. The highest BCUT2D eigenvalue weighted by molar-refractivity contribution is 7.80. The molecule has 112 valence electrons. The van der Waals surface area contributed by atoms with Gasteiger partial charge in [0.25, 0.3) is 0 Å². The summed E-state index contributed by atoms with van der Waals surface area (Å²) in [4.78, 5) is 11.5. The number of aromatic nitrogens is 2. The van der Waals surface area contributed by atoms with E-state index < -0.39 is 0 Å². The van der Waals surface area contributed by atoms with E-state index in [-0.39, 0.29) is 0 Å². The number of anilines is 1. The van der Waals surface area contributed by atoms with E-state index in [1.807, 2.05) is 13.0 Å². The Kier molecular flexibility index (Phi) is 6.81. The minimum atomic E-state index is 0.299. The molecule has 0 saturated heterocycles. The summed E-state index contributed by atoms with van der Waals surface area (Å²) in [6.07, 6.45) is 2.06. The SMILES string of the molecule is CCC(CC)N(CCOC)c1nc(C)cc(C(N)=S)n1. The molecule has 0 aliphatic heterocycles. The van der Waals surface area contributed by atoms with E-state index in [4.69, 9.17) is 22.7 Å². The minimum absolute atomic E-state index is 0.299. The number of aryl methyl sites for hydroxylation is 1. The molecular weight excluding hydrogens is 272 g/mol. The molecule has 0 fully saturated rings. The quantitative estimate of drug-likeness (QED) is 0.741. The van der Waals surface area contributed by atoms with E-state index in [9.17, 15) is 0 Å². The topological polar surface area (TPSA) is 64.3 Å². The van der Waals surface area contributed by atoms with Gasteiger partial charge in [-0.25, -0.2) is 9.97 Å². The molecule has 20 heavy (non-hydrogen) atoms. The molecule has 2 N–H and O–H groups in total. The number of methoxy groups -OCH3 is 1. The van der Waals surface area contributed by atoms with Crippen LogP contribution in [-0.2, 0) is 4.74 Å². The van der Waals surface area contributed by atoms with E-state index in [2.05, 4.69) is 28.7 Å². The Morgan fingerprint density at radius 1 is 1.40 bits per heavy atom. The summed E-state index contributed by atoms with van der Waals surface area (Å²) >= 11 is 5.02. The number of hydrogen-bond donors (Lipinski definition) is 1. The highest BCUT2D eigenvalue weighted by Crippen LogP contribution is 2.17. The zero-order chi connectivity index (χ0) is 15.1. The first-order valence-corrected chi connectivity index (χ1v) is 7.35. The fourth-order valence-electron chi connectivity index (χ4n) is 2.17. The van der Waals surface area contributed by atoms with Gasteiger partial charge in [-0.1, -0.05) is 26.1 Å². The van der Waals surface area contributed by atoms with Crippen molar-refractivity contribution in [1.29, 1.82) is 0 Å². The maximum absolute atomic E-state index is 5.69. The summed E-state index contributed by atoms with van der Waals surface area (Å²) in [6, 6.07) is 2.19. The molecule has 0 amide bonds. The Bertz CT molecular complexity index is 449. The van der Waals surface area contributed by atoms with Crippen molar-refractivity contribution in [2.75, 3.05) is 25.2 Å². The lowest BCUT2D eigenvalue weighted by Crippen LogP contribution is -2.38. The first kappa shape index (κ1) is 16.8. The first-order chi connectivity index (χ1) is 9.53. The molecule has 1 rings (SSSR count). The van der Waals surface area contributed by atoms with Crippen LogP contribution in [0.15, 0.2) is 6.07 Å². The van der Waals surface area contributed by atoms with Crippen LogP contribution in [0.25, 0.3) is 0 Å². The maximum Gasteiger partial charge on any atom is 0.226 e. The lowest BCUT2D eigenvalue weighted by molar-refractivity contribution is 0.202. The summed E-state index contributed by atoms with van der Waals surface area (Å²) < 4.78 is 5.19. The molecule has 0 aliphatic rings. The van der Waals surface area contributed by atoms with Gasteiger partial charge in [0.1, 0.15) is 10.7 Å². The smallest absolute Gasteiger partial charge is 0.226 e. The molecule has 1 heterocycles. The van der Waals surface area contributed by atoms with Crippen molar-refractivity contribution < 1.29 is 4.74 Å². The molecule has 0 radical (unpaired) electrons. The van der Waals surface area contributed by atoms with Gasteiger partial charge in [-0.15, -0.1) is 0 Å². The van der Waals surface area contributed by atoms with Crippen LogP contribution in [0, 0.1) is 6.92 Å². The Morgan fingerprint density at radius 3 is 2.55 bits per heavy atom. The highest BCUT2D eigenvalue weighted by atomic mass is 32.1. The Morgan fingerprint density at radius 2 is 2.05 bits per heavy atom. The van der Waals surface area contributed by atoms with Crippen molar-refractivity contribution >= 4 is 23.2 Å². The second-order valence-corrected chi connectivity index (χ2v) is 5.16. The van der Waals surface area contributed by atoms with Gasteiger partial charge in [-0.05, 0) is 25.8 Å². The van der Waals surface area contributed by atoms with E-state index in [1.165, 1.54) is 0 Å². The molecule has 0 aliphatic carbocycles. The van der Waals surface area contributed by atoms with Crippen LogP contribution in [0.3, 0.4) is 0 Å². The van der Waals surface area contributed by atoms with Gasteiger partial charge in [0.2, 0.25) is 5.95 Å². The zero-order valence-electron chi connectivity index (χ0n) is 12.7. The second-order valence-electron chi connectivity index (χ2n) is 4.72. The van der Waals surface area contributed by atoms with Crippen molar-refractivity contribution in [3.63, 3.8) is 0 Å². The number of thiocarbonyl (C=S) groups is 1. The Labute approximate surface area is 126 Å². The molecule has 5 nitrogen and oxygen atoms in total. The Hall–Kier alpha value is -1.27.